The molecular weight excluding hydrogens is 110 g/mol. The van der Waals surface area contributed by atoms with Crippen molar-refractivity contribution in [2.75, 3.05) is 0 Å². The van der Waals surface area contributed by atoms with Crippen LogP contribution in [0.5, 0.6) is 0 Å². The topological polar surface area (TPSA) is 23.8 Å². The molecule has 0 aliphatic heterocycles. The number of hydrogen-bond acceptors (Lipinski definition) is 1. The van der Waals surface area contributed by atoms with Gasteiger partial charge in [-0.25, -0.2) is 0 Å². The molecule has 0 unspecified atom stereocenters. The summed E-state index contributed by atoms with van der Waals surface area (Å²) in [4.78, 5) is 0. The molecule has 0 bridgehead atoms. The van der Waals surface area contributed by atoms with Gasteiger partial charge in [-0.2, -0.15) is 5.26 Å². The van der Waals surface area contributed by atoms with Crippen LogP contribution in [0.3, 0.4) is 0 Å². The number of allylic oxidation sites excluding steroid dienone is 2. The Morgan fingerprint density at radius 1 is 1.33 bits per heavy atom. The summed E-state index contributed by atoms with van der Waals surface area (Å²) in [7, 11) is 0. The largest absolute Gasteiger partial charge is 0.193 e. The van der Waals surface area contributed by atoms with Gasteiger partial charge in [0, 0.05) is 5.57 Å². The Morgan fingerprint density at radius 2 is 2.22 bits per heavy atom. The summed E-state index contributed by atoms with van der Waals surface area (Å²) in [5.41, 5.74) is 0.993. The van der Waals surface area contributed by atoms with E-state index in [0.717, 1.165) is 18.4 Å². The minimum Gasteiger partial charge on any atom is -0.193 e. The summed E-state index contributed by atoms with van der Waals surface area (Å²) >= 11 is 0. The van der Waals surface area contributed by atoms with Crippen molar-refractivity contribution in [2.45, 2.75) is 32.1 Å². The van der Waals surface area contributed by atoms with E-state index in [9.17, 15) is 0 Å². The second kappa shape index (κ2) is 3.29. The van der Waals surface area contributed by atoms with Gasteiger partial charge in [0.15, 0.2) is 0 Å². The maximum absolute atomic E-state index is 8.50. The third kappa shape index (κ3) is 1.89. The molecule has 0 aromatic heterocycles. The van der Waals surface area contributed by atoms with Crippen LogP contribution in [-0.4, -0.2) is 0 Å². The zero-order valence-corrected chi connectivity index (χ0v) is 5.56. The van der Waals surface area contributed by atoms with Gasteiger partial charge in [-0.05, 0) is 25.7 Å². The molecule has 0 fully saturated rings. The highest BCUT2D eigenvalue weighted by atomic mass is 14.2. The van der Waals surface area contributed by atoms with Gasteiger partial charge in [-0.1, -0.05) is 12.5 Å². The Labute approximate surface area is 56.0 Å². The van der Waals surface area contributed by atoms with Gasteiger partial charge in [0.2, 0.25) is 0 Å². The van der Waals surface area contributed by atoms with Crippen LogP contribution in [0, 0.1) is 11.3 Å². The normalized spacial score (nSPS) is 19.7. The Balaban J connectivity index is 2.49. The van der Waals surface area contributed by atoms with Crippen molar-refractivity contribution in [3.63, 3.8) is 0 Å². The van der Waals surface area contributed by atoms with E-state index in [1.165, 1.54) is 19.3 Å². The van der Waals surface area contributed by atoms with Gasteiger partial charge in [0.25, 0.3) is 0 Å². The number of nitriles is 1. The van der Waals surface area contributed by atoms with Crippen LogP contribution in [0.25, 0.3) is 0 Å². The molecule has 1 rings (SSSR count). The van der Waals surface area contributed by atoms with E-state index in [2.05, 4.69) is 12.1 Å². The first-order valence-corrected chi connectivity index (χ1v) is 3.52. The fourth-order valence-electron chi connectivity index (χ4n) is 1.12. The van der Waals surface area contributed by atoms with Crippen molar-refractivity contribution in [2.24, 2.45) is 0 Å². The molecule has 1 heteroatoms. The van der Waals surface area contributed by atoms with Gasteiger partial charge in [-0.3, -0.25) is 0 Å². The summed E-state index contributed by atoms with van der Waals surface area (Å²) in [6.45, 7) is 0. The highest BCUT2D eigenvalue weighted by Crippen LogP contribution is 2.15. The predicted molar refractivity (Wildman–Crippen MR) is 36.8 cm³/mol. The Hall–Kier alpha value is -0.770. The van der Waals surface area contributed by atoms with Crippen molar-refractivity contribution in [3.05, 3.63) is 11.6 Å². The second-order valence-electron chi connectivity index (χ2n) is 2.44. The first-order chi connectivity index (χ1) is 4.43. The van der Waals surface area contributed by atoms with Crippen LogP contribution in [0.1, 0.15) is 32.1 Å². The van der Waals surface area contributed by atoms with Crippen LogP contribution < -0.4 is 0 Å². The fraction of sp³-hybridized carbons (Fsp3) is 0.625. The molecule has 1 nitrogen and oxygen atoms in total. The Kier molecular flexibility index (Phi) is 2.32. The van der Waals surface area contributed by atoms with Crippen LogP contribution >= 0.6 is 0 Å². The molecule has 0 atom stereocenters. The average Bonchev–Trinajstić information content (AvgIpc) is 2.13. The molecule has 0 aromatic carbocycles. The van der Waals surface area contributed by atoms with Gasteiger partial charge in [-0.15, -0.1) is 0 Å². The molecule has 0 amide bonds. The first-order valence-electron chi connectivity index (χ1n) is 3.52. The third-order valence-corrected chi connectivity index (χ3v) is 1.68. The van der Waals surface area contributed by atoms with E-state index in [0.29, 0.717) is 0 Å². The summed E-state index contributed by atoms with van der Waals surface area (Å²) in [5, 5.41) is 8.50. The van der Waals surface area contributed by atoms with Crippen LogP contribution in [0.2, 0.25) is 0 Å². The highest BCUT2D eigenvalue weighted by molar-refractivity contribution is 5.20. The van der Waals surface area contributed by atoms with Crippen molar-refractivity contribution in [1.82, 2.24) is 0 Å². The molecule has 0 aromatic rings. The van der Waals surface area contributed by atoms with Gasteiger partial charge in [0.05, 0.1) is 6.07 Å². The Morgan fingerprint density at radius 3 is 3.00 bits per heavy atom. The molecule has 0 saturated carbocycles. The zero-order valence-electron chi connectivity index (χ0n) is 5.56. The number of nitrogens with zero attached hydrogens (tertiary/aromatic N) is 1. The van der Waals surface area contributed by atoms with Gasteiger partial charge in [0.1, 0.15) is 0 Å². The fourth-order valence-corrected chi connectivity index (χ4v) is 1.12. The molecule has 48 valence electrons. The first kappa shape index (κ1) is 6.35. The molecular formula is C8H11N. The van der Waals surface area contributed by atoms with E-state index in [1.54, 1.807) is 0 Å². The SMILES string of the molecule is N#CC1=CCCCCC1. The van der Waals surface area contributed by atoms with Gasteiger partial charge >= 0.3 is 0 Å². The molecule has 1 aliphatic carbocycles. The maximum Gasteiger partial charge on any atom is 0.0943 e. The molecule has 0 saturated heterocycles. The lowest BCUT2D eigenvalue weighted by molar-refractivity contribution is 0.714. The van der Waals surface area contributed by atoms with Gasteiger partial charge < -0.3 is 0 Å². The third-order valence-electron chi connectivity index (χ3n) is 1.68. The zero-order chi connectivity index (χ0) is 6.53. The van der Waals surface area contributed by atoms with E-state index in [4.69, 9.17) is 5.26 Å². The lowest BCUT2D eigenvalue weighted by Gasteiger charge is -1.89. The molecule has 0 heterocycles. The van der Waals surface area contributed by atoms with Crippen LogP contribution in [0.4, 0.5) is 0 Å². The smallest absolute Gasteiger partial charge is 0.0943 e. The standard InChI is InChI=1S/C8H11N/c9-7-8-5-3-1-2-4-6-8/h5H,1-4,6H2. The minimum absolute atomic E-state index is 0.993. The van der Waals surface area contributed by atoms with Crippen LogP contribution in [0.15, 0.2) is 11.6 Å². The van der Waals surface area contributed by atoms with Crippen molar-refractivity contribution >= 4 is 0 Å². The minimum atomic E-state index is 0.993. The van der Waals surface area contributed by atoms with E-state index in [-0.39, 0.29) is 0 Å². The molecule has 0 N–H and O–H groups in total. The lowest BCUT2D eigenvalue weighted by atomic mass is 10.1. The summed E-state index contributed by atoms with van der Waals surface area (Å²) in [5.74, 6) is 0. The highest BCUT2D eigenvalue weighted by Gasteiger charge is 1.99. The predicted octanol–water partition coefficient (Wildman–Crippen LogP) is 2.40. The Bertz CT molecular complexity index is 150. The summed E-state index contributed by atoms with van der Waals surface area (Å²) < 4.78 is 0. The number of hydrogen-bond donors (Lipinski definition) is 0. The van der Waals surface area contributed by atoms with Crippen molar-refractivity contribution < 1.29 is 0 Å². The van der Waals surface area contributed by atoms with Crippen molar-refractivity contribution in [3.8, 4) is 6.07 Å². The average molecular weight is 121 g/mol. The molecule has 0 radical (unpaired) electrons. The molecule has 0 spiro atoms. The lowest BCUT2D eigenvalue weighted by Crippen LogP contribution is -1.74. The maximum atomic E-state index is 8.50. The molecule has 1 aliphatic rings. The van der Waals surface area contributed by atoms with Crippen LogP contribution in [-0.2, 0) is 0 Å². The van der Waals surface area contributed by atoms with Crippen molar-refractivity contribution in [1.29, 1.82) is 5.26 Å². The second-order valence-corrected chi connectivity index (χ2v) is 2.44. The van der Waals surface area contributed by atoms with E-state index < -0.39 is 0 Å². The van der Waals surface area contributed by atoms with E-state index >= 15 is 0 Å². The summed E-state index contributed by atoms with van der Waals surface area (Å²) in [6, 6.07) is 2.20. The van der Waals surface area contributed by atoms with E-state index in [1.807, 2.05) is 0 Å². The quantitative estimate of drug-likeness (QED) is 0.482. The molecule has 9 heavy (non-hydrogen) atoms. The summed E-state index contributed by atoms with van der Waals surface area (Å²) in [6.07, 6.45) is 7.97. The number of rotatable bonds is 0. The monoisotopic (exact) mass is 121 g/mol.